The average molecular weight is 463 g/mol. The molecule has 0 bridgehead atoms. The van der Waals surface area contributed by atoms with E-state index >= 15 is 0 Å². The Morgan fingerprint density at radius 1 is 1.19 bits per heavy atom. The van der Waals surface area contributed by atoms with E-state index in [1.807, 2.05) is 0 Å². The van der Waals surface area contributed by atoms with Gasteiger partial charge in [-0.05, 0) is 43.2 Å². The Morgan fingerprint density at radius 2 is 1.90 bits per heavy atom. The van der Waals surface area contributed by atoms with Crippen molar-refractivity contribution in [2.24, 2.45) is 0 Å². The van der Waals surface area contributed by atoms with E-state index in [-0.39, 0.29) is 27.5 Å². The summed E-state index contributed by atoms with van der Waals surface area (Å²) in [5.41, 5.74) is 1.11. The lowest BCUT2D eigenvalue weighted by molar-refractivity contribution is -0.384. The van der Waals surface area contributed by atoms with Gasteiger partial charge in [-0.1, -0.05) is 11.8 Å². The largest absolute Gasteiger partial charge is 0.431 e. The van der Waals surface area contributed by atoms with Crippen molar-refractivity contribution < 1.29 is 22.6 Å². The number of benzene rings is 2. The zero-order chi connectivity index (χ0) is 22.0. The van der Waals surface area contributed by atoms with Gasteiger partial charge in [-0.25, -0.2) is 13.4 Å². The van der Waals surface area contributed by atoms with Gasteiger partial charge in [0, 0.05) is 30.9 Å². The first-order chi connectivity index (χ1) is 14.8. The van der Waals surface area contributed by atoms with E-state index in [0.717, 1.165) is 24.6 Å². The fraction of sp³-hybridized carbons (Fsp3) is 0.263. The van der Waals surface area contributed by atoms with Crippen LogP contribution in [0, 0.1) is 10.1 Å². The van der Waals surface area contributed by atoms with E-state index in [9.17, 15) is 23.3 Å². The molecule has 162 valence electrons. The van der Waals surface area contributed by atoms with Crippen LogP contribution >= 0.6 is 11.8 Å². The number of anilines is 1. The number of carbonyl (C=O) groups excluding carboxylic acids is 1. The molecule has 0 saturated carbocycles. The minimum Gasteiger partial charge on any atom is -0.431 e. The number of thioether (sulfide) groups is 1. The highest BCUT2D eigenvalue weighted by Crippen LogP contribution is 2.27. The fourth-order valence-electron chi connectivity index (χ4n) is 3.18. The van der Waals surface area contributed by atoms with Gasteiger partial charge in [-0.3, -0.25) is 14.9 Å². The molecule has 2 aromatic carbocycles. The van der Waals surface area contributed by atoms with Gasteiger partial charge in [0.2, 0.25) is 15.9 Å². The number of amides is 1. The first-order valence-electron chi connectivity index (χ1n) is 9.41. The number of nitro groups is 1. The maximum absolute atomic E-state index is 12.5. The Morgan fingerprint density at radius 3 is 2.58 bits per heavy atom. The van der Waals surface area contributed by atoms with Crippen molar-refractivity contribution in [2.75, 3.05) is 24.2 Å². The monoisotopic (exact) mass is 462 g/mol. The van der Waals surface area contributed by atoms with Gasteiger partial charge >= 0.3 is 0 Å². The molecule has 10 nitrogen and oxygen atoms in total. The van der Waals surface area contributed by atoms with Crippen molar-refractivity contribution >= 4 is 50.2 Å². The lowest BCUT2D eigenvalue weighted by atomic mass is 10.3. The Bertz CT molecular complexity index is 1230. The molecule has 1 fully saturated rings. The van der Waals surface area contributed by atoms with Gasteiger partial charge in [0.15, 0.2) is 5.58 Å². The first kappa shape index (κ1) is 21.3. The van der Waals surface area contributed by atoms with E-state index in [1.165, 1.54) is 34.6 Å². The number of aromatic nitrogens is 1. The number of hydrogen-bond acceptors (Lipinski definition) is 8. The van der Waals surface area contributed by atoms with Gasteiger partial charge in [0.05, 0.1) is 15.6 Å². The fourth-order valence-corrected chi connectivity index (χ4v) is 5.34. The summed E-state index contributed by atoms with van der Waals surface area (Å²) in [6.45, 7) is 1.06. The number of nitrogens with one attached hydrogen (secondary N) is 1. The summed E-state index contributed by atoms with van der Waals surface area (Å²) in [7, 11) is -3.50. The zero-order valence-electron chi connectivity index (χ0n) is 16.2. The second-order valence-electron chi connectivity index (χ2n) is 6.86. The van der Waals surface area contributed by atoms with Gasteiger partial charge in [0.1, 0.15) is 5.52 Å². The van der Waals surface area contributed by atoms with E-state index in [0.29, 0.717) is 29.9 Å². The highest BCUT2D eigenvalue weighted by atomic mass is 32.2. The number of hydrogen-bond donors (Lipinski definition) is 1. The Kier molecular flexibility index (Phi) is 5.94. The number of carbonyl (C=O) groups is 1. The molecule has 0 spiro atoms. The molecule has 1 aromatic heterocycles. The van der Waals surface area contributed by atoms with Crippen LogP contribution in [0.3, 0.4) is 0 Å². The van der Waals surface area contributed by atoms with Gasteiger partial charge in [-0.2, -0.15) is 4.31 Å². The molecule has 1 amide bonds. The van der Waals surface area contributed by atoms with Crippen LogP contribution in [0.25, 0.3) is 11.1 Å². The number of nitro benzene ring substituents is 1. The third kappa shape index (κ3) is 4.70. The Balaban J connectivity index is 1.35. The SMILES string of the molecule is O=C(CSc1nc2cc([N+](=O)[O-])ccc2o1)Nc1ccc(S(=O)(=O)N2CCCC2)cc1. The molecular weight excluding hydrogens is 444 g/mol. The van der Waals surface area contributed by atoms with Crippen LogP contribution in [-0.4, -0.2) is 47.4 Å². The van der Waals surface area contributed by atoms with Crippen molar-refractivity contribution in [3.8, 4) is 0 Å². The Hall–Kier alpha value is -2.96. The molecule has 1 aliphatic heterocycles. The number of sulfonamides is 1. The molecular formula is C19H18N4O6S2. The van der Waals surface area contributed by atoms with Gasteiger partial charge in [-0.15, -0.1) is 0 Å². The van der Waals surface area contributed by atoms with Crippen LogP contribution in [0.4, 0.5) is 11.4 Å². The van der Waals surface area contributed by atoms with Crippen LogP contribution < -0.4 is 5.32 Å². The number of non-ortho nitro benzene ring substituents is 1. The number of oxazole rings is 1. The summed E-state index contributed by atoms with van der Waals surface area (Å²) in [4.78, 5) is 26.9. The molecule has 31 heavy (non-hydrogen) atoms. The topological polar surface area (TPSA) is 136 Å². The average Bonchev–Trinajstić information content (AvgIpc) is 3.42. The second-order valence-corrected chi connectivity index (χ2v) is 9.73. The van der Waals surface area contributed by atoms with E-state index in [2.05, 4.69) is 10.3 Å². The molecule has 1 aliphatic rings. The van der Waals surface area contributed by atoms with Crippen molar-refractivity contribution in [3.63, 3.8) is 0 Å². The summed E-state index contributed by atoms with van der Waals surface area (Å²) in [6.07, 6.45) is 1.73. The second kappa shape index (κ2) is 8.65. The smallest absolute Gasteiger partial charge is 0.271 e. The molecule has 1 N–H and O–H groups in total. The summed E-state index contributed by atoms with van der Waals surface area (Å²) in [5, 5.41) is 13.7. The number of fused-ring (bicyclic) bond motifs is 1. The molecule has 3 aromatic rings. The molecule has 4 rings (SSSR count). The summed E-state index contributed by atoms with van der Waals surface area (Å²) in [6, 6.07) is 10.1. The molecule has 2 heterocycles. The maximum Gasteiger partial charge on any atom is 0.271 e. The lowest BCUT2D eigenvalue weighted by Gasteiger charge is -2.15. The van der Waals surface area contributed by atoms with Crippen molar-refractivity contribution in [3.05, 3.63) is 52.6 Å². The molecule has 1 saturated heterocycles. The molecule has 0 radical (unpaired) electrons. The standard InChI is InChI=1S/C19H18N4O6S2/c24-18(12-30-19-21-16-11-14(23(25)26)5-8-17(16)29-19)20-13-3-6-15(7-4-13)31(27,28)22-9-1-2-10-22/h3-8,11H,1-2,9-10,12H2,(H,20,24). The first-order valence-corrected chi connectivity index (χ1v) is 11.8. The molecule has 12 heteroatoms. The van der Waals surface area contributed by atoms with Crippen LogP contribution in [0.1, 0.15) is 12.8 Å². The van der Waals surface area contributed by atoms with Crippen LogP contribution in [0.2, 0.25) is 0 Å². The lowest BCUT2D eigenvalue weighted by Crippen LogP contribution is -2.27. The maximum atomic E-state index is 12.5. The van der Waals surface area contributed by atoms with E-state index in [1.54, 1.807) is 12.1 Å². The summed E-state index contributed by atoms with van der Waals surface area (Å²) >= 11 is 1.05. The molecule has 0 atom stereocenters. The van der Waals surface area contributed by atoms with Crippen LogP contribution in [0.15, 0.2) is 57.0 Å². The predicted molar refractivity (Wildman–Crippen MR) is 114 cm³/mol. The summed E-state index contributed by atoms with van der Waals surface area (Å²) in [5.74, 6) is -0.323. The van der Waals surface area contributed by atoms with Gasteiger partial charge < -0.3 is 9.73 Å². The van der Waals surface area contributed by atoms with E-state index < -0.39 is 14.9 Å². The van der Waals surface area contributed by atoms with Crippen molar-refractivity contribution in [2.45, 2.75) is 23.0 Å². The van der Waals surface area contributed by atoms with Crippen molar-refractivity contribution in [1.82, 2.24) is 9.29 Å². The number of nitrogens with zero attached hydrogens (tertiary/aromatic N) is 3. The van der Waals surface area contributed by atoms with E-state index in [4.69, 9.17) is 4.42 Å². The minimum absolute atomic E-state index is 0.00272. The minimum atomic E-state index is -3.50. The zero-order valence-corrected chi connectivity index (χ0v) is 17.8. The van der Waals surface area contributed by atoms with Gasteiger partial charge in [0.25, 0.3) is 10.9 Å². The molecule has 0 aliphatic carbocycles. The Labute approximate surface area is 181 Å². The highest BCUT2D eigenvalue weighted by Gasteiger charge is 2.27. The third-order valence-electron chi connectivity index (χ3n) is 4.73. The summed E-state index contributed by atoms with van der Waals surface area (Å²) < 4.78 is 32.0. The molecule has 0 unspecified atom stereocenters. The predicted octanol–water partition coefficient (Wildman–Crippen LogP) is 3.25. The highest BCUT2D eigenvalue weighted by molar-refractivity contribution is 7.99. The third-order valence-corrected chi connectivity index (χ3v) is 7.47. The number of rotatable bonds is 7. The van der Waals surface area contributed by atoms with Crippen LogP contribution in [0.5, 0.6) is 0 Å². The van der Waals surface area contributed by atoms with Crippen molar-refractivity contribution in [1.29, 1.82) is 0 Å². The normalized spacial score (nSPS) is 14.7. The quantitative estimate of drug-likeness (QED) is 0.321. The van der Waals surface area contributed by atoms with Crippen LogP contribution in [-0.2, 0) is 14.8 Å².